The van der Waals surface area contributed by atoms with Gasteiger partial charge in [0, 0.05) is 26.7 Å². The predicted octanol–water partition coefficient (Wildman–Crippen LogP) is 0.0908. The fraction of sp³-hybridized carbons (Fsp3) is 0.889. The number of nitrogens with one attached hydrogen (secondary N) is 1. The van der Waals surface area contributed by atoms with E-state index < -0.39 is 0 Å². The zero-order valence-corrected chi connectivity index (χ0v) is 8.80. The third-order valence-corrected chi connectivity index (χ3v) is 1.88. The molecule has 0 spiro atoms. The van der Waals surface area contributed by atoms with Crippen LogP contribution in [-0.2, 0) is 9.53 Å². The van der Waals surface area contributed by atoms with Crippen LogP contribution in [0.3, 0.4) is 0 Å². The summed E-state index contributed by atoms with van der Waals surface area (Å²) in [5, 5.41) is 3.02. The second-order valence-corrected chi connectivity index (χ2v) is 2.74. The predicted molar refractivity (Wildman–Crippen MR) is 52.7 cm³/mol. The third kappa shape index (κ3) is 5.60. The van der Waals surface area contributed by atoms with Crippen molar-refractivity contribution in [1.82, 2.24) is 10.2 Å². The first kappa shape index (κ1) is 12.4. The van der Waals surface area contributed by atoms with Crippen LogP contribution in [0, 0.1) is 0 Å². The highest BCUT2D eigenvalue weighted by molar-refractivity contribution is 5.78. The van der Waals surface area contributed by atoms with Gasteiger partial charge in [0.2, 0.25) is 5.91 Å². The van der Waals surface area contributed by atoms with Crippen molar-refractivity contribution in [2.45, 2.75) is 13.8 Å². The van der Waals surface area contributed by atoms with Gasteiger partial charge in [0.25, 0.3) is 0 Å². The van der Waals surface area contributed by atoms with Gasteiger partial charge >= 0.3 is 0 Å². The monoisotopic (exact) mass is 188 g/mol. The average molecular weight is 188 g/mol. The summed E-state index contributed by atoms with van der Waals surface area (Å²) in [6.07, 6.45) is 0. The summed E-state index contributed by atoms with van der Waals surface area (Å²) < 4.78 is 4.85. The Balaban J connectivity index is 3.48. The molecule has 0 heterocycles. The highest BCUT2D eigenvalue weighted by Gasteiger charge is 2.07. The van der Waals surface area contributed by atoms with Gasteiger partial charge in [-0.1, -0.05) is 0 Å². The Morgan fingerprint density at radius 1 is 1.38 bits per heavy atom. The van der Waals surface area contributed by atoms with E-state index in [2.05, 4.69) is 5.32 Å². The quantitative estimate of drug-likeness (QED) is 0.576. The van der Waals surface area contributed by atoms with Crippen molar-refractivity contribution in [2.24, 2.45) is 0 Å². The lowest BCUT2D eigenvalue weighted by atomic mass is 10.4. The maximum Gasteiger partial charge on any atom is 0.236 e. The first-order valence-electron chi connectivity index (χ1n) is 4.73. The number of likely N-dealkylation sites (N-methyl/N-ethyl adjacent to an activating group) is 1. The number of ether oxygens (including phenoxy) is 1. The topological polar surface area (TPSA) is 41.6 Å². The molecule has 0 aromatic heterocycles. The molecular formula is C9H20N2O2. The molecule has 1 N–H and O–H groups in total. The maximum absolute atomic E-state index is 11.4. The first-order valence-corrected chi connectivity index (χ1v) is 4.73. The molecule has 0 aliphatic heterocycles. The highest BCUT2D eigenvalue weighted by Crippen LogP contribution is 1.86. The maximum atomic E-state index is 11.4. The number of hydrogen-bond donors (Lipinski definition) is 1. The van der Waals surface area contributed by atoms with Crippen LogP contribution in [0.15, 0.2) is 0 Å². The minimum atomic E-state index is 0.154. The van der Waals surface area contributed by atoms with E-state index in [-0.39, 0.29) is 5.91 Å². The van der Waals surface area contributed by atoms with E-state index in [0.29, 0.717) is 13.2 Å². The van der Waals surface area contributed by atoms with E-state index in [1.807, 2.05) is 13.8 Å². The molecule has 0 unspecified atom stereocenters. The summed E-state index contributed by atoms with van der Waals surface area (Å²) in [5.41, 5.74) is 0. The Kier molecular flexibility index (Phi) is 7.63. The average Bonchev–Trinajstić information content (AvgIpc) is 2.14. The summed E-state index contributed by atoms with van der Waals surface area (Å²) in [7, 11) is 1.65. The van der Waals surface area contributed by atoms with Crippen LogP contribution in [-0.4, -0.2) is 50.7 Å². The van der Waals surface area contributed by atoms with Crippen molar-refractivity contribution < 1.29 is 9.53 Å². The van der Waals surface area contributed by atoms with Crippen LogP contribution in [0.1, 0.15) is 13.8 Å². The number of amides is 1. The normalized spacial score (nSPS) is 10.1. The lowest BCUT2D eigenvalue weighted by Gasteiger charge is -2.18. The van der Waals surface area contributed by atoms with Gasteiger partial charge in [-0.05, 0) is 13.8 Å². The number of methoxy groups -OCH3 is 1. The number of hydrogen-bond acceptors (Lipinski definition) is 3. The van der Waals surface area contributed by atoms with Gasteiger partial charge in [-0.25, -0.2) is 0 Å². The minimum Gasteiger partial charge on any atom is -0.383 e. The van der Waals surface area contributed by atoms with Crippen molar-refractivity contribution >= 4 is 5.91 Å². The van der Waals surface area contributed by atoms with Gasteiger partial charge in [-0.15, -0.1) is 0 Å². The van der Waals surface area contributed by atoms with Gasteiger partial charge in [0.1, 0.15) is 0 Å². The molecular weight excluding hydrogens is 168 g/mol. The molecule has 0 atom stereocenters. The molecule has 78 valence electrons. The van der Waals surface area contributed by atoms with Gasteiger partial charge < -0.3 is 15.0 Å². The van der Waals surface area contributed by atoms with Crippen LogP contribution in [0.25, 0.3) is 0 Å². The zero-order chi connectivity index (χ0) is 10.1. The highest BCUT2D eigenvalue weighted by atomic mass is 16.5. The molecule has 0 bridgehead atoms. The molecule has 4 nitrogen and oxygen atoms in total. The molecule has 0 radical (unpaired) electrons. The second-order valence-electron chi connectivity index (χ2n) is 2.74. The smallest absolute Gasteiger partial charge is 0.236 e. The minimum absolute atomic E-state index is 0.154. The Morgan fingerprint density at radius 3 is 2.46 bits per heavy atom. The molecule has 0 fully saturated rings. The van der Waals surface area contributed by atoms with Gasteiger partial charge in [0.15, 0.2) is 0 Å². The van der Waals surface area contributed by atoms with Crippen LogP contribution >= 0.6 is 0 Å². The zero-order valence-electron chi connectivity index (χ0n) is 8.80. The molecule has 0 rings (SSSR count). The van der Waals surface area contributed by atoms with Gasteiger partial charge in [0.05, 0.1) is 13.2 Å². The summed E-state index contributed by atoms with van der Waals surface area (Å²) in [6.45, 7) is 7.30. The Bertz CT molecular complexity index is 136. The molecule has 1 amide bonds. The molecule has 0 aliphatic carbocycles. The first-order chi connectivity index (χ1) is 6.26. The SMILES string of the molecule is CCN(CC)C(=O)CNCCOC. The lowest BCUT2D eigenvalue weighted by Crippen LogP contribution is -2.38. The van der Waals surface area contributed by atoms with Crippen molar-refractivity contribution in [3.05, 3.63) is 0 Å². The van der Waals surface area contributed by atoms with Gasteiger partial charge in [-0.2, -0.15) is 0 Å². The van der Waals surface area contributed by atoms with Crippen molar-refractivity contribution in [2.75, 3.05) is 39.9 Å². The molecule has 0 saturated heterocycles. The molecule has 0 aromatic carbocycles. The number of carbonyl (C=O) groups excluding carboxylic acids is 1. The Hall–Kier alpha value is -0.610. The number of nitrogens with zero attached hydrogens (tertiary/aromatic N) is 1. The Labute approximate surface area is 80.2 Å². The van der Waals surface area contributed by atoms with Crippen LogP contribution < -0.4 is 5.32 Å². The number of rotatable bonds is 7. The lowest BCUT2D eigenvalue weighted by molar-refractivity contribution is -0.129. The molecule has 0 saturated carbocycles. The van der Waals surface area contributed by atoms with Gasteiger partial charge in [-0.3, -0.25) is 4.79 Å². The van der Waals surface area contributed by atoms with E-state index in [9.17, 15) is 4.79 Å². The molecule has 4 heteroatoms. The van der Waals surface area contributed by atoms with Crippen molar-refractivity contribution in [1.29, 1.82) is 0 Å². The summed E-state index contributed by atoms with van der Waals surface area (Å²) in [6, 6.07) is 0. The van der Waals surface area contributed by atoms with E-state index in [4.69, 9.17) is 4.74 Å². The fourth-order valence-corrected chi connectivity index (χ4v) is 1.06. The third-order valence-electron chi connectivity index (χ3n) is 1.88. The fourth-order valence-electron chi connectivity index (χ4n) is 1.06. The molecule has 0 aliphatic rings. The second kappa shape index (κ2) is 8.01. The summed E-state index contributed by atoms with van der Waals surface area (Å²) in [4.78, 5) is 13.2. The number of carbonyl (C=O) groups is 1. The van der Waals surface area contributed by atoms with E-state index >= 15 is 0 Å². The van der Waals surface area contributed by atoms with Crippen LogP contribution in [0.4, 0.5) is 0 Å². The van der Waals surface area contributed by atoms with Crippen LogP contribution in [0.2, 0.25) is 0 Å². The van der Waals surface area contributed by atoms with Crippen molar-refractivity contribution in [3.63, 3.8) is 0 Å². The van der Waals surface area contributed by atoms with Crippen LogP contribution in [0.5, 0.6) is 0 Å². The summed E-state index contributed by atoms with van der Waals surface area (Å²) >= 11 is 0. The van der Waals surface area contributed by atoms with E-state index in [0.717, 1.165) is 19.6 Å². The Morgan fingerprint density at radius 2 is 2.00 bits per heavy atom. The standard InChI is InChI=1S/C9H20N2O2/c1-4-11(5-2)9(12)8-10-6-7-13-3/h10H,4-8H2,1-3H3. The molecule has 0 aromatic rings. The summed E-state index contributed by atoms with van der Waals surface area (Å²) in [5.74, 6) is 0.154. The van der Waals surface area contributed by atoms with E-state index in [1.54, 1.807) is 12.0 Å². The van der Waals surface area contributed by atoms with E-state index in [1.165, 1.54) is 0 Å². The van der Waals surface area contributed by atoms with Crippen molar-refractivity contribution in [3.8, 4) is 0 Å². The largest absolute Gasteiger partial charge is 0.383 e. The molecule has 13 heavy (non-hydrogen) atoms.